The van der Waals surface area contributed by atoms with Crippen LogP contribution in [0.4, 0.5) is 4.79 Å². The molecule has 0 unspecified atom stereocenters. The second-order valence-electron chi connectivity index (χ2n) is 5.43. The first kappa shape index (κ1) is 14.1. The highest BCUT2D eigenvalue weighted by Gasteiger charge is 2.11. The van der Waals surface area contributed by atoms with Gasteiger partial charge in [0.1, 0.15) is 0 Å². The van der Waals surface area contributed by atoms with E-state index >= 15 is 0 Å². The number of rotatable bonds is 4. The summed E-state index contributed by atoms with van der Waals surface area (Å²) in [5.41, 5.74) is 5.06. The lowest BCUT2D eigenvalue weighted by atomic mass is 10.1. The van der Waals surface area contributed by atoms with E-state index in [-0.39, 0.29) is 6.03 Å². The average molecular weight is 301 g/mol. The maximum absolute atomic E-state index is 11.8. The molecule has 1 aliphatic rings. The summed E-state index contributed by atoms with van der Waals surface area (Å²) >= 11 is 1.43. The maximum atomic E-state index is 11.8. The van der Waals surface area contributed by atoms with Gasteiger partial charge in [-0.25, -0.2) is 4.79 Å². The molecule has 2 amide bonds. The van der Waals surface area contributed by atoms with Crippen molar-refractivity contribution in [3.63, 3.8) is 0 Å². The van der Waals surface area contributed by atoms with Crippen molar-refractivity contribution in [2.75, 3.05) is 0 Å². The van der Waals surface area contributed by atoms with Crippen LogP contribution in [-0.4, -0.2) is 10.4 Å². The summed E-state index contributed by atoms with van der Waals surface area (Å²) in [6.07, 6.45) is 3.61. The smallest absolute Gasteiger partial charge is 0.315 e. The quantitative estimate of drug-likeness (QED) is 0.912. The fraction of sp³-hybridized carbons (Fsp3) is 0.375. The fourth-order valence-corrected chi connectivity index (χ4v) is 3.32. The van der Waals surface area contributed by atoms with Gasteiger partial charge in [-0.1, -0.05) is 18.2 Å². The predicted octanol–water partition coefficient (Wildman–Crippen LogP) is 2.94. The van der Waals surface area contributed by atoms with E-state index in [2.05, 4.69) is 33.2 Å². The number of carbonyl (C=O) groups is 1. The third-order valence-electron chi connectivity index (χ3n) is 3.72. The van der Waals surface area contributed by atoms with E-state index in [0.717, 1.165) is 10.6 Å². The van der Waals surface area contributed by atoms with Crippen LogP contribution in [0.2, 0.25) is 0 Å². The molecule has 0 fully saturated rings. The molecule has 0 saturated heterocycles. The minimum atomic E-state index is -0.137. The molecule has 5 heteroatoms. The number of hydrogen-bond acceptors (Lipinski definition) is 3. The molecule has 21 heavy (non-hydrogen) atoms. The highest BCUT2D eigenvalue weighted by molar-refractivity contribution is 7.05. The van der Waals surface area contributed by atoms with E-state index in [1.54, 1.807) is 0 Å². The third kappa shape index (κ3) is 3.61. The van der Waals surface area contributed by atoms with Crippen LogP contribution < -0.4 is 10.6 Å². The molecule has 1 aromatic heterocycles. The van der Waals surface area contributed by atoms with Gasteiger partial charge in [-0.2, -0.15) is 4.37 Å². The molecule has 0 aliphatic heterocycles. The summed E-state index contributed by atoms with van der Waals surface area (Å²) < 4.78 is 4.19. The zero-order valence-corrected chi connectivity index (χ0v) is 12.9. The van der Waals surface area contributed by atoms with Crippen molar-refractivity contribution in [3.8, 4) is 0 Å². The van der Waals surface area contributed by atoms with Gasteiger partial charge in [0, 0.05) is 11.4 Å². The summed E-state index contributed by atoms with van der Waals surface area (Å²) in [4.78, 5) is 12.9. The lowest BCUT2D eigenvalue weighted by Crippen LogP contribution is -2.34. The molecule has 0 radical (unpaired) electrons. The Morgan fingerprint density at radius 1 is 1.19 bits per heavy atom. The lowest BCUT2D eigenvalue weighted by Gasteiger charge is -2.08. The third-order valence-corrected chi connectivity index (χ3v) is 4.59. The van der Waals surface area contributed by atoms with Crippen LogP contribution in [0.1, 0.15) is 33.7 Å². The van der Waals surface area contributed by atoms with Gasteiger partial charge in [0.2, 0.25) is 0 Å². The van der Waals surface area contributed by atoms with E-state index in [0.29, 0.717) is 13.1 Å². The number of urea groups is 1. The number of amides is 2. The molecular weight excluding hydrogens is 282 g/mol. The molecule has 0 saturated carbocycles. The summed E-state index contributed by atoms with van der Waals surface area (Å²) in [6, 6.07) is 8.37. The maximum Gasteiger partial charge on any atom is 0.315 e. The average Bonchev–Trinajstić information content (AvgIpc) is 3.10. The first-order chi connectivity index (χ1) is 10.2. The number of nitrogens with zero attached hydrogens (tertiary/aromatic N) is 1. The summed E-state index contributed by atoms with van der Waals surface area (Å²) in [5, 5.41) is 5.76. The van der Waals surface area contributed by atoms with Crippen LogP contribution >= 0.6 is 11.5 Å². The molecule has 1 aromatic carbocycles. The van der Waals surface area contributed by atoms with Crippen molar-refractivity contribution in [2.45, 2.75) is 39.3 Å². The zero-order chi connectivity index (χ0) is 14.7. The largest absolute Gasteiger partial charge is 0.334 e. The van der Waals surface area contributed by atoms with Crippen molar-refractivity contribution in [1.82, 2.24) is 15.0 Å². The van der Waals surface area contributed by atoms with Gasteiger partial charge in [0.15, 0.2) is 0 Å². The highest BCUT2D eigenvalue weighted by atomic mass is 32.1. The molecule has 1 aliphatic carbocycles. The second kappa shape index (κ2) is 6.26. The Bertz CT molecular complexity index is 651. The fourth-order valence-electron chi connectivity index (χ4n) is 2.65. The first-order valence-corrected chi connectivity index (χ1v) is 8.02. The highest BCUT2D eigenvalue weighted by Crippen LogP contribution is 2.22. The molecule has 110 valence electrons. The molecular formula is C16H19N3OS. The van der Waals surface area contributed by atoms with E-state index in [1.807, 2.05) is 13.0 Å². The van der Waals surface area contributed by atoms with Gasteiger partial charge < -0.3 is 10.6 Å². The van der Waals surface area contributed by atoms with E-state index in [4.69, 9.17) is 0 Å². The number of hydrogen-bond donors (Lipinski definition) is 2. The van der Waals surface area contributed by atoms with Crippen LogP contribution in [0, 0.1) is 6.92 Å². The Kier molecular flexibility index (Phi) is 4.20. The molecule has 0 atom stereocenters. The first-order valence-electron chi connectivity index (χ1n) is 7.25. The number of aryl methyl sites for hydroxylation is 3. The van der Waals surface area contributed by atoms with E-state index < -0.39 is 0 Å². The van der Waals surface area contributed by atoms with Crippen molar-refractivity contribution < 1.29 is 4.79 Å². The van der Waals surface area contributed by atoms with E-state index in [9.17, 15) is 4.79 Å². The zero-order valence-electron chi connectivity index (χ0n) is 12.1. The van der Waals surface area contributed by atoms with Crippen LogP contribution in [0.25, 0.3) is 0 Å². The van der Waals surface area contributed by atoms with Crippen molar-refractivity contribution >= 4 is 17.6 Å². The second-order valence-corrected chi connectivity index (χ2v) is 6.32. The number of fused-ring (bicyclic) bond motifs is 1. The SMILES string of the molecule is Cc1cc(CNC(=O)NCc2ccc3c(c2)CCC3)sn1. The van der Waals surface area contributed by atoms with E-state index in [1.165, 1.54) is 47.5 Å². The minimum absolute atomic E-state index is 0.137. The summed E-state index contributed by atoms with van der Waals surface area (Å²) in [6.45, 7) is 3.05. The Balaban J connectivity index is 1.47. The molecule has 0 bridgehead atoms. The minimum Gasteiger partial charge on any atom is -0.334 e. The van der Waals surface area contributed by atoms with Crippen LogP contribution in [0.15, 0.2) is 24.3 Å². The lowest BCUT2D eigenvalue weighted by molar-refractivity contribution is 0.240. The summed E-state index contributed by atoms with van der Waals surface area (Å²) in [5.74, 6) is 0. The Morgan fingerprint density at radius 3 is 2.81 bits per heavy atom. The monoisotopic (exact) mass is 301 g/mol. The molecule has 2 aromatic rings. The Labute approximate surface area is 128 Å². The number of aromatic nitrogens is 1. The Morgan fingerprint density at radius 2 is 2.00 bits per heavy atom. The van der Waals surface area contributed by atoms with Gasteiger partial charge in [-0.05, 0) is 60.5 Å². The van der Waals surface area contributed by atoms with Crippen LogP contribution in [-0.2, 0) is 25.9 Å². The standard InChI is InChI=1S/C16H19N3OS/c1-11-7-15(21-19-11)10-18-16(20)17-9-12-5-6-13-3-2-4-14(13)8-12/h5-8H,2-4,9-10H2,1H3,(H2,17,18,20). The van der Waals surface area contributed by atoms with Gasteiger partial charge in [-0.15, -0.1) is 0 Å². The van der Waals surface area contributed by atoms with Crippen LogP contribution in [0.3, 0.4) is 0 Å². The Hall–Kier alpha value is -1.88. The van der Waals surface area contributed by atoms with Crippen molar-refractivity contribution in [2.24, 2.45) is 0 Å². The topological polar surface area (TPSA) is 54.0 Å². The van der Waals surface area contributed by atoms with Gasteiger partial charge in [0.25, 0.3) is 0 Å². The number of benzene rings is 1. The number of nitrogens with one attached hydrogen (secondary N) is 2. The van der Waals surface area contributed by atoms with Crippen molar-refractivity contribution in [1.29, 1.82) is 0 Å². The number of carbonyl (C=O) groups excluding carboxylic acids is 1. The normalized spacial score (nSPS) is 13.0. The molecule has 3 rings (SSSR count). The molecule has 2 N–H and O–H groups in total. The van der Waals surface area contributed by atoms with Crippen molar-refractivity contribution in [3.05, 3.63) is 51.5 Å². The van der Waals surface area contributed by atoms with Gasteiger partial charge in [-0.3, -0.25) is 0 Å². The van der Waals surface area contributed by atoms with Gasteiger partial charge >= 0.3 is 6.03 Å². The van der Waals surface area contributed by atoms with Crippen LogP contribution in [0.5, 0.6) is 0 Å². The molecule has 0 spiro atoms. The molecule has 1 heterocycles. The summed E-state index contributed by atoms with van der Waals surface area (Å²) in [7, 11) is 0. The predicted molar refractivity (Wildman–Crippen MR) is 84.4 cm³/mol. The van der Waals surface area contributed by atoms with Gasteiger partial charge in [0.05, 0.1) is 12.2 Å². The molecule has 4 nitrogen and oxygen atoms in total.